The number of para-hydroxylation sites is 4. The van der Waals surface area contributed by atoms with Crippen molar-refractivity contribution < 1.29 is 36.9 Å². The standard InChI is InChI=1S/C27H29FN6O.C27H27FN6O.C22H24BrN5O.C16H13BrIN5.C7H14O.C6H6FN.C4H8O.3CH4/c2*1-18(6-5-11-35-2)25-16-32-27-26(30-10-9-19-14-31-23-8-4-3-7-22(19)23)33-24(17-34(25)27)20-12-21(28)15-29-13-20;1-15(6-5-11-29-2)19-13-26-22-21(27-20(23)14-28(19)22)24-10-9-16-12-25-18-8-4-3-7-17(16)18;17-13-9-23-14(18)8-21-16(23)15(22-13)19-6-5-10-7-20-12-4-2-1-3-11(10)12;1-7(2)5-4-6-8-3;1-5-2-6(7)4-8-3-5;1-2-4-5-3-1;;;/h3-4,7-8,12-18,31H,5-6,9-11H2,1-2H3,(H,30,33);3-4,7-8,12-17,31H,1,5-6,9-11H2,2H3,(H,30,33);3-4,7-8,12-14,25H,1,5-6,9-11H2,2H3,(H,24,27);1-4,7-9,20H,5-6H2,(H,19,22);1,4-6H2,2-3H3;2-4H,1H3;1-4H2;3*1H4. The number of hydrogen-bond acceptors (Lipinski definition) is 20. The minimum absolute atomic E-state index is 0. The number of pyridine rings is 3. The Morgan fingerprint density at radius 3 is 1.17 bits per heavy atom. The second kappa shape index (κ2) is 57.5. The maximum absolute atomic E-state index is 13.9. The van der Waals surface area contributed by atoms with Gasteiger partial charge < -0.3 is 64.9 Å². The molecule has 1 unspecified atom stereocenters. The zero-order valence-corrected chi connectivity index (χ0v) is 86.9. The quantitative estimate of drug-likeness (QED) is 0.0102. The number of aryl methyl sites for hydroxylation is 1. The molecule has 0 amide bonds. The number of imidazole rings is 4. The lowest BCUT2D eigenvalue weighted by Crippen LogP contribution is -2.10. The first-order chi connectivity index (χ1) is 69.7. The summed E-state index contributed by atoms with van der Waals surface area (Å²) < 4.78 is 76.0. The number of anilines is 4. The average Bonchev–Trinajstić information content (AvgIpc) is 1.60. The Hall–Kier alpha value is -13.3. The summed E-state index contributed by atoms with van der Waals surface area (Å²) in [5.41, 5.74) is 22.3. The maximum Gasteiger partial charge on any atom is 0.181 e. The Morgan fingerprint density at radius 2 is 0.788 bits per heavy atom. The van der Waals surface area contributed by atoms with Crippen LogP contribution in [0.3, 0.4) is 0 Å². The van der Waals surface area contributed by atoms with E-state index in [-0.39, 0.29) is 34.0 Å². The van der Waals surface area contributed by atoms with E-state index in [1.807, 2.05) is 106 Å². The number of rotatable bonds is 37. The third-order valence-corrected chi connectivity index (χ3v) is 25.4. The van der Waals surface area contributed by atoms with E-state index in [9.17, 15) is 13.2 Å². The molecule has 1 saturated heterocycles. The van der Waals surface area contributed by atoms with Gasteiger partial charge in [-0.25, -0.2) is 53.0 Å². The van der Waals surface area contributed by atoms with Crippen LogP contribution in [0.5, 0.6) is 0 Å². The number of aromatic amines is 4. The zero-order valence-electron chi connectivity index (χ0n) is 81.5. The van der Waals surface area contributed by atoms with E-state index < -0.39 is 11.6 Å². The van der Waals surface area contributed by atoms with Gasteiger partial charge in [-0.05, 0) is 246 Å². The van der Waals surface area contributed by atoms with Crippen molar-refractivity contribution in [3.05, 3.63) is 327 Å². The van der Waals surface area contributed by atoms with Crippen LogP contribution in [-0.2, 0) is 49.4 Å². The van der Waals surface area contributed by atoms with Crippen molar-refractivity contribution in [2.75, 3.05) is 116 Å². The molecule has 16 heterocycles. The van der Waals surface area contributed by atoms with Crippen LogP contribution >= 0.6 is 54.5 Å². The molecule has 0 spiro atoms. The van der Waals surface area contributed by atoms with Crippen molar-refractivity contribution in [1.29, 1.82) is 0 Å². The average molecular weight is 2230 g/mol. The van der Waals surface area contributed by atoms with Gasteiger partial charge in [0.25, 0.3) is 0 Å². The Labute approximate surface area is 882 Å². The smallest absolute Gasteiger partial charge is 0.181 e. The molecule has 28 nitrogen and oxygen atoms in total. The van der Waals surface area contributed by atoms with Gasteiger partial charge in [-0.15, -0.1) is 6.58 Å². The number of halogens is 6. The van der Waals surface area contributed by atoms with Crippen molar-refractivity contribution in [3.8, 4) is 22.5 Å². The van der Waals surface area contributed by atoms with Crippen molar-refractivity contribution in [2.45, 2.75) is 139 Å². The minimum Gasteiger partial charge on any atom is -0.385 e. The van der Waals surface area contributed by atoms with Crippen molar-refractivity contribution in [3.63, 3.8) is 0 Å². The first-order valence-electron chi connectivity index (χ1n) is 47.7. The monoisotopic (exact) mass is 2220 g/mol. The largest absolute Gasteiger partial charge is 0.385 e. The normalized spacial score (nSPS) is 11.6. The lowest BCUT2D eigenvalue weighted by molar-refractivity contribution is 0.191. The highest BCUT2D eigenvalue weighted by atomic mass is 127. The van der Waals surface area contributed by atoms with Gasteiger partial charge in [-0.3, -0.25) is 32.6 Å². The highest BCUT2D eigenvalue weighted by molar-refractivity contribution is 14.1. The van der Waals surface area contributed by atoms with Crippen LogP contribution in [0.4, 0.5) is 36.4 Å². The summed E-state index contributed by atoms with van der Waals surface area (Å²) in [4.78, 5) is 62.0. The van der Waals surface area contributed by atoms with Gasteiger partial charge in [0.05, 0.1) is 60.0 Å². The molecule has 0 aliphatic carbocycles. The van der Waals surface area contributed by atoms with E-state index in [1.165, 1.54) is 105 Å². The van der Waals surface area contributed by atoms with Gasteiger partial charge in [-0.2, -0.15) is 0 Å². The maximum atomic E-state index is 13.9. The summed E-state index contributed by atoms with van der Waals surface area (Å²) in [5.74, 6) is 2.05. The van der Waals surface area contributed by atoms with Crippen LogP contribution < -0.4 is 21.3 Å². The van der Waals surface area contributed by atoms with Crippen LogP contribution in [-0.4, -0.2) is 187 Å². The summed E-state index contributed by atoms with van der Waals surface area (Å²) in [7, 11) is 6.85. The van der Waals surface area contributed by atoms with Crippen LogP contribution in [0, 0.1) is 28.1 Å². The molecule has 8 N–H and O–H groups in total. The molecule has 1 fully saturated rings. The molecule has 15 aromatic heterocycles. The molecule has 34 heteroatoms. The van der Waals surface area contributed by atoms with Crippen molar-refractivity contribution in [1.82, 2.24) is 92.4 Å². The predicted octanol–water partition coefficient (Wildman–Crippen LogP) is 26.6. The molecule has 0 bridgehead atoms. The molecule has 146 heavy (non-hydrogen) atoms. The van der Waals surface area contributed by atoms with Crippen LogP contribution in [0.2, 0.25) is 0 Å². The molecule has 1 atom stereocenters. The second-order valence-corrected chi connectivity index (χ2v) is 37.2. The van der Waals surface area contributed by atoms with E-state index in [2.05, 4.69) is 252 Å². The van der Waals surface area contributed by atoms with Crippen molar-refractivity contribution >= 4 is 155 Å². The fourth-order valence-corrected chi connectivity index (χ4v) is 17.9. The molecule has 1 aliphatic heterocycles. The summed E-state index contributed by atoms with van der Waals surface area (Å²) in [6.07, 6.45) is 45.3. The Kier molecular flexibility index (Phi) is 44.5. The number of nitrogens with zero attached hydrogens (tertiary/aromatic N) is 15. The fourth-order valence-electron chi connectivity index (χ4n) is 16.6. The second-order valence-electron chi connectivity index (χ2n) is 34.5. The number of hydrogen-bond donors (Lipinski definition) is 8. The molecule has 768 valence electrons. The molecule has 20 rings (SSSR count). The first-order valence-corrected chi connectivity index (χ1v) is 50.4. The SMILES string of the molecule is Brc1cn2c(I)cnc2c(NCCc2c[nH]c3ccccc23)n1.C.C.C.C1CCOC1.C=C(C)CCCOC.C=C(CCCOC)c1cnc2c(NCCc3c[nH]c4ccccc34)nc(-c3cncc(F)c3)cn12.C=C(CCCOC)c1cnc2c(NCCc3c[nH]c4ccccc34)nc(Br)cn12.COCCCC(C)c1cnc2c(NCCc3c[nH]c4ccccc34)nc(-c3cncc(F)c3)cn12.Cc1cncc(F)c1. The summed E-state index contributed by atoms with van der Waals surface area (Å²) >= 11 is 9.24. The third kappa shape index (κ3) is 31.1. The fraction of sp³-hybridized carbons (Fsp3) is 0.312. The van der Waals surface area contributed by atoms with Gasteiger partial charge >= 0.3 is 0 Å². The van der Waals surface area contributed by atoms with Gasteiger partial charge in [0.1, 0.15) is 30.4 Å². The molecule has 1 aliphatic rings. The molecular weight excluding hydrogens is 2090 g/mol. The number of allylic oxidation sites excluding steroid dienone is 3. The number of fused-ring (bicyclic) bond motifs is 8. The zero-order chi connectivity index (χ0) is 100. The number of aromatic nitrogens is 19. The number of H-pyrrole nitrogens is 4. The van der Waals surface area contributed by atoms with Gasteiger partial charge in [-0.1, -0.05) is 121 Å². The molecule has 19 aromatic rings. The summed E-state index contributed by atoms with van der Waals surface area (Å²) in [6, 6.07) is 37.6. The summed E-state index contributed by atoms with van der Waals surface area (Å²) in [5, 5.41) is 18.7. The molecule has 0 saturated carbocycles. The van der Waals surface area contributed by atoms with E-state index in [1.54, 1.807) is 54.0 Å². The van der Waals surface area contributed by atoms with E-state index in [0.29, 0.717) is 59.5 Å². The topological polar surface area (TPSA) is 317 Å². The van der Waals surface area contributed by atoms with Crippen LogP contribution in [0.25, 0.3) is 99.9 Å². The highest BCUT2D eigenvalue weighted by Crippen LogP contribution is 2.34. The van der Waals surface area contributed by atoms with Gasteiger partial charge in [0.15, 0.2) is 45.9 Å². The van der Waals surface area contributed by atoms with Crippen LogP contribution in [0.1, 0.15) is 151 Å². The Bertz CT molecular complexity index is 7370. The molecule has 0 radical (unpaired) electrons. The number of benzene rings is 4. The van der Waals surface area contributed by atoms with Gasteiger partial charge in [0, 0.05) is 229 Å². The number of methoxy groups -OCH3 is 4. The lowest BCUT2D eigenvalue weighted by atomic mass is 10.0. The van der Waals surface area contributed by atoms with E-state index >= 15 is 0 Å². The molecular formula is C112H133Br2F3IN23O5. The third-order valence-electron chi connectivity index (χ3n) is 23.8. The Morgan fingerprint density at radius 1 is 0.438 bits per heavy atom. The van der Waals surface area contributed by atoms with Gasteiger partial charge in [0.2, 0.25) is 0 Å². The van der Waals surface area contributed by atoms with Crippen molar-refractivity contribution in [2.24, 2.45) is 0 Å². The van der Waals surface area contributed by atoms with E-state index in [0.717, 1.165) is 215 Å². The van der Waals surface area contributed by atoms with E-state index in [4.69, 9.17) is 38.6 Å². The minimum atomic E-state index is -0.409. The lowest BCUT2D eigenvalue weighted by Gasteiger charge is -2.14. The number of nitrogens with one attached hydrogen (secondary N) is 8. The number of ether oxygens (including phenoxy) is 5. The first kappa shape index (κ1) is 113. The van der Waals surface area contributed by atoms with Crippen LogP contribution in [0.15, 0.2) is 261 Å². The predicted molar refractivity (Wildman–Crippen MR) is 603 cm³/mol. The highest BCUT2D eigenvalue weighted by Gasteiger charge is 2.22. The summed E-state index contributed by atoms with van der Waals surface area (Å²) in [6.45, 7) is 26.1. The molecule has 4 aromatic carbocycles. The Balaban J connectivity index is 0.000000173.